The van der Waals surface area contributed by atoms with Crippen molar-refractivity contribution in [3.8, 4) is 29.4 Å². The van der Waals surface area contributed by atoms with Gasteiger partial charge in [-0.1, -0.05) is 56.3 Å². The molecule has 1 aromatic heterocycles. The smallest absolute Gasteiger partial charge is 0.417 e. The first-order valence-electron chi connectivity index (χ1n) is 14.5. The highest BCUT2D eigenvalue weighted by molar-refractivity contribution is 5.95. The molecule has 254 valence electrons. The summed E-state index contributed by atoms with van der Waals surface area (Å²) in [7, 11) is 0. The molecule has 0 saturated heterocycles. The average Bonchev–Trinajstić information content (AvgIpc) is 3.07. The minimum atomic E-state index is -4.62. The third-order valence-corrected chi connectivity index (χ3v) is 6.58. The van der Waals surface area contributed by atoms with Crippen molar-refractivity contribution in [3.05, 3.63) is 120 Å². The lowest BCUT2D eigenvalue weighted by Gasteiger charge is -2.22. The normalized spacial score (nSPS) is 12.0. The van der Waals surface area contributed by atoms with Crippen molar-refractivity contribution in [3.63, 3.8) is 0 Å². The minimum absolute atomic E-state index is 0.00486. The van der Waals surface area contributed by atoms with Crippen molar-refractivity contribution in [2.75, 3.05) is 6.54 Å². The van der Waals surface area contributed by atoms with Gasteiger partial charge in [0.1, 0.15) is 29.9 Å². The van der Waals surface area contributed by atoms with E-state index in [1.54, 1.807) is 54.6 Å². The van der Waals surface area contributed by atoms with E-state index in [1.165, 1.54) is 12.1 Å². The highest BCUT2D eigenvalue weighted by atomic mass is 19.4. The first-order valence-corrected chi connectivity index (χ1v) is 14.5. The van der Waals surface area contributed by atoms with Crippen LogP contribution in [0.1, 0.15) is 52.9 Å². The van der Waals surface area contributed by atoms with Crippen molar-refractivity contribution in [1.82, 2.24) is 10.3 Å². The Hall–Kier alpha value is -6.02. The van der Waals surface area contributed by atoms with Crippen LogP contribution in [0.4, 0.5) is 22.0 Å². The molecule has 1 N–H and O–H groups in total. The van der Waals surface area contributed by atoms with Gasteiger partial charge in [-0.15, -0.1) is 0 Å². The molecule has 0 radical (unpaired) electrons. The Morgan fingerprint density at radius 3 is 2.14 bits per heavy atom. The van der Waals surface area contributed by atoms with Gasteiger partial charge in [0, 0.05) is 18.0 Å². The second kappa shape index (κ2) is 17.8. The zero-order chi connectivity index (χ0) is 36.0. The van der Waals surface area contributed by atoms with E-state index in [0.29, 0.717) is 28.7 Å². The topological polar surface area (TPSA) is 134 Å². The number of nitriles is 2. The van der Waals surface area contributed by atoms with Crippen LogP contribution in [0, 0.1) is 28.6 Å². The van der Waals surface area contributed by atoms with Crippen molar-refractivity contribution in [2.45, 2.75) is 38.7 Å². The fourth-order valence-electron chi connectivity index (χ4n) is 4.41. The van der Waals surface area contributed by atoms with Gasteiger partial charge < -0.3 is 19.5 Å². The second-order valence-electron chi connectivity index (χ2n) is 10.4. The zero-order valence-corrected chi connectivity index (χ0v) is 26.0. The van der Waals surface area contributed by atoms with E-state index >= 15 is 0 Å². The SMILES string of the molecule is CC(C)[C@H](C(=O)OC(C#N)c1cccc(Oc2ccccc2)c1)c1ccc(OC(F)F)cc1.N#CCNC(=O)c1cnccc1C(F)(F)F. The molecular formula is C35H29F5N4O5. The molecule has 1 unspecified atom stereocenters. The monoisotopic (exact) mass is 680 g/mol. The number of benzene rings is 3. The maximum absolute atomic E-state index is 13.0. The molecule has 14 heteroatoms. The van der Waals surface area contributed by atoms with Gasteiger partial charge in [0.15, 0.2) is 0 Å². The lowest BCUT2D eigenvalue weighted by atomic mass is 9.88. The Bertz CT molecular complexity index is 1770. The maximum Gasteiger partial charge on any atom is 0.417 e. The number of amides is 1. The number of esters is 1. The number of nitrogens with zero attached hydrogens (tertiary/aromatic N) is 3. The van der Waals surface area contributed by atoms with Crippen LogP contribution in [0.5, 0.6) is 17.2 Å². The van der Waals surface area contributed by atoms with Gasteiger partial charge in [-0.2, -0.15) is 32.5 Å². The third-order valence-electron chi connectivity index (χ3n) is 6.58. The molecule has 1 heterocycles. The van der Waals surface area contributed by atoms with Gasteiger partial charge in [0.25, 0.3) is 5.91 Å². The van der Waals surface area contributed by atoms with E-state index in [-0.39, 0.29) is 18.2 Å². The molecule has 0 spiro atoms. The first kappa shape index (κ1) is 37.4. The summed E-state index contributed by atoms with van der Waals surface area (Å²) in [4.78, 5) is 27.7. The number of aromatic nitrogens is 1. The highest BCUT2D eigenvalue weighted by Crippen LogP contribution is 2.33. The van der Waals surface area contributed by atoms with E-state index in [9.17, 15) is 36.8 Å². The molecule has 4 rings (SSSR count). The van der Waals surface area contributed by atoms with Crippen molar-refractivity contribution >= 4 is 11.9 Å². The molecule has 0 fully saturated rings. The number of carbonyl (C=O) groups is 2. The molecule has 0 saturated carbocycles. The van der Waals surface area contributed by atoms with Gasteiger partial charge in [-0.25, -0.2) is 0 Å². The summed E-state index contributed by atoms with van der Waals surface area (Å²) in [5.41, 5.74) is -0.611. The molecule has 4 aromatic rings. The predicted molar refractivity (Wildman–Crippen MR) is 165 cm³/mol. The van der Waals surface area contributed by atoms with Crippen LogP contribution in [-0.4, -0.2) is 30.0 Å². The van der Waals surface area contributed by atoms with Crippen LogP contribution >= 0.6 is 0 Å². The quantitative estimate of drug-likeness (QED) is 0.0958. The zero-order valence-electron chi connectivity index (χ0n) is 26.0. The van der Waals surface area contributed by atoms with Crippen LogP contribution in [0.15, 0.2) is 97.3 Å². The predicted octanol–water partition coefficient (Wildman–Crippen LogP) is 7.98. The van der Waals surface area contributed by atoms with E-state index in [0.717, 1.165) is 12.4 Å². The van der Waals surface area contributed by atoms with E-state index in [2.05, 4.69) is 9.72 Å². The van der Waals surface area contributed by atoms with Crippen LogP contribution in [0.3, 0.4) is 0 Å². The van der Waals surface area contributed by atoms with Gasteiger partial charge in [0.2, 0.25) is 6.10 Å². The van der Waals surface area contributed by atoms with Crippen molar-refractivity contribution in [2.24, 2.45) is 5.92 Å². The molecule has 9 nitrogen and oxygen atoms in total. The maximum atomic E-state index is 13.0. The molecule has 2 atom stereocenters. The molecule has 0 aliphatic heterocycles. The Kier molecular flexibility index (Phi) is 13.6. The molecule has 0 aliphatic rings. The average molecular weight is 681 g/mol. The molecular weight excluding hydrogens is 651 g/mol. The minimum Gasteiger partial charge on any atom is -0.457 e. The molecule has 0 bridgehead atoms. The number of alkyl halides is 5. The summed E-state index contributed by atoms with van der Waals surface area (Å²) < 4.78 is 77.9. The number of carbonyl (C=O) groups excluding carboxylic acids is 2. The highest BCUT2D eigenvalue weighted by Gasteiger charge is 2.35. The molecule has 0 aliphatic carbocycles. The number of nitrogens with one attached hydrogen (secondary N) is 1. The van der Waals surface area contributed by atoms with Crippen LogP contribution < -0.4 is 14.8 Å². The number of pyridine rings is 1. The molecule has 1 amide bonds. The number of halogens is 5. The lowest BCUT2D eigenvalue weighted by molar-refractivity contribution is -0.150. The van der Waals surface area contributed by atoms with Gasteiger partial charge >= 0.3 is 18.8 Å². The number of para-hydroxylation sites is 1. The van der Waals surface area contributed by atoms with Crippen molar-refractivity contribution in [1.29, 1.82) is 10.5 Å². The lowest BCUT2D eigenvalue weighted by Crippen LogP contribution is -2.26. The largest absolute Gasteiger partial charge is 0.457 e. The van der Waals surface area contributed by atoms with Gasteiger partial charge in [0.05, 0.1) is 23.1 Å². The summed E-state index contributed by atoms with van der Waals surface area (Å²) in [5, 5.41) is 19.9. The summed E-state index contributed by atoms with van der Waals surface area (Å²) in [6, 6.07) is 26.1. The third kappa shape index (κ3) is 11.3. The van der Waals surface area contributed by atoms with Crippen molar-refractivity contribution < 1.29 is 45.8 Å². The van der Waals surface area contributed by atoms with E-state index in [1.807, 2.05) is 43.4 Å². The van der Waals surface area contributed by atoms with Gasteiger partial charge in [-0.3, -0.25) is 14.6 Å². The Balaban J connectivity index is 0.000000341. The Morgan fingerprint density at radius 1 is 0.878 bits per heavy atom. The van der Waals surface area contributed by atoms with E-state index < -0.39 is 47.8 Å². The molecule has 49 heavy (non-hydrogen) atoms. The summed E-state index contributed by atoms with van der Waals surface area (Å²) in [6.45, 7) is 0.390. The van der Waals surface area contributed by atoms with Crippen LogP contribution in [0.2, 0.25) is 0 Å². The van der Waals surface area contributed by atoms with E-state index in [4.69, 9.17) is 14.7 Å². The first-order chi connectivity index (χ1) is 23.3. The number of rotatable bonds is 11. The Labute approximate surface area is 278 Å². The standard InChI is InChI=1S/C26H23F2NO4.C9H6F3N3O/c1-17(2)24(18-11-13-21(14-12-18)32-26(27)28)25(30)33-23(16-29)19-7-6-10-22(15-19)31-20-8-4-3-5-9-20;10-9(11,12)7-1-3-14-5-6(7)8(16)15-4-2-13/h3-15,17,23-24,26H,1-2H3;1,3,5H,4H2,(H,15,16)/t23?,24-;/m0./s1. The number of ether oxygens (including phenoxy) is 3. The van der Waals surface area contributed by atoms with Crippen LogP contribution in [-0.2, 0) is 15.7 Å². The number of hydrogen-bond donors (Lipinski definition) is 1. The second-order valence-corrected chi connectivity index (χ2v) is 10.4. The van der Waals surface area contributed by atoms with Crippen LogP contribution in [0.25, 0.3) is 0 Å². The fourth-order valence-corrected chi connectivity index (χ4v) is 4.41. The summed E-state index contributed by atoms with van der Waals surface area (Å²) in [5.74, 6) is -1.27. The fraction of sp³-hybridized carbons (Fsp3) is 0.229. The molecule has 3 aromatic carbocycles. The Morgan fingerprint density at radius 2 is 1.55 bits per heavy atom. The summed E-state index contributed by atoms with van der Waals surface area (Å²) in [6.07, 6.45) is -4.00. The van der Waals surface area contributed by atoms with Gasteiger partial charge in [-0.05, 0) is 53.9 Å². The summed E-state index contributed by atoms with van der Waals surface area (Å²) >= 11 is 0. The number of hydrogen-bond acceptors (Lipinski definition) is 8.